The molecule has 0 radical (unpaired) electrons. The predicted octanol–water partition coefficient (Wildman–Crippen LogP) is 2.98. The van der Waals surface area contributed by atoms with Gasteiger partial charge in [0.05, 0.1) is 5.92 Å². The van der Waals surface area contributed by atoms with E-state index in [9.17, 15) is 14.7 Å². The molecule has 2 rings (SSSR count). The van der Waals surface area contributed by atoms with Gasteiger partial charge in [0.25, 0.3) is 0 Å². The number of hydrogen-bond acceptors (Lipinski definition) is 2. The molecule has 1 N–H and O–H groups in total. The predicted molar refractivity (Wildman–Crippen MR) is 88.8 cm³/mol. The van der Waals surface area contributed by atoms with E-state index in [0.29, 0.717) is 13.0 Å². The molecule has 0 aliphatic heterocycles. The molecular formula is C19H21NO3. The van der Waals surface area contributed by atoms with E-state index in [1.165, 1.54) is 0 Å². The van der Waals surface area contributed by atoms with Gasteiger partial charge in [-0.1, -0.05) is 60.7 Å². The van der Waals surface area contributed by atoms with Crippen LogP contribution in [0.5, 0.6) is 0 Å². The smallest absolute Gasteiger partial charge is 0.307 e. The summed E-state index contributed by atoms with van der Waals surface area (Å²) in [6, 6.07) is 19.1. The molecule has 4 nitrogen and oxygen atoms in total. The van der Waals surface area contributed by atoms with Crippen molar-refractivity contribution in [3.8, 4) is 0 Å². The Morgan fingerprint density at radius 3 is 2.00 bits per heavy atom. The fourth-order valence-corrected chi connectivity index (χ4v) is 2.46. The molecule has 0 aliphatic carbocycles. The molecule has 0 fully saturated rings. The van der Waals surface area contributed by atoms with Gasteiger partial charge in [0, 0.05) is 20.0 Å². The van der Waals surface area contributed by atoms with E-state index < -0.39 is 11.9 Å². The van der Waals surface area contributed by atoms with Crippen LogP contribution in [-0.4, -0.2) is 28.9 Å². The second-order valence-corrected chi connectivity index (χ2v) is 5.66. The third kappa shape index (κ3) is 5.25. The van der Waals surface area contributed by atoms with Crippen LogP contribution in [0.2, 0.25) is 0 Å². The van der Waals surface area contributed by atoms with Crippen molar-refractivity contribution in [3.05, 3.63) is 71.8 Å². The molecule has 2 aromatic carbocycles. The average Bonchev–Trinajstić information content (AvgIpc) is 2.56. The van der Waals surface area contributed by atoms with Crippen molar-refractivity contribution in [1.29, 1.82) is 0 Å². The van der Waals surface area contributed by atoms with E-state index in [4.69, 9.17) is 0 Å². The number of hydrogen-bond donors (Lipinski definition) is 1. The van der Waals surface area contributed by atoms with E-state index in [1.54, 1.807) is 11.9 Å². The highest BCUT2D eigenvalue weighted by molar-refractivity contribution is 5.82. The average molecular weight is 311 g/mol. The summed E-state index contributed by atoms with van der Waals surface area (Å²) in [4.78, 5) is 25.3. The van der Waals surface area contributed by atoms with Crippen LogP contribution >= 0.6 is 0 Å². The van der Waals surface area contributed by atoms with Crippen LogP contribution in [0.1, 0.15) is 17.5 Å². The highest BCUT2D eigenvalue weighted by atomic mass is 16.4. The second kappa shape index (κ2) is 8.13. The SMILES string of the molecule is CN(Cc1ccccc1)C(=O)C[C@@H](Cc1ccccc1)C(=O)O. The van der Waals surface area contributed by atoms with E-state index in [1.807, 2.05) is 60.7 Å². The van der Waals surface area contributed by atoms with Gasteiger partial charge in [-0.15, -0.1) is 0 Å². The first kappa shape index (κ1) is 16.7. The first-order valence-corrected chi connectivity index (χ1v) is 7.61. The van der Waals surface area contributed by atoms with E-state index in [0.717, 1.165) is 11.1 Å². The fraction of sp³-hybridized carbons (Fsp3) is 0.263. The number of carbonyl (C=O) groups is 2. The normalized spacial score (nSPS) is 11.7. The summed E-state index contributed by atoms with van der Waals surface area (Å²) in [7, 11) is 1.71. The van der Waals surface area contributed by atoms with Crippen LogP contribution in [0.3, 0.4) is 0 Å². The zero-order chi connectivity index (χ0) is 16.7. The molecular weight excluding hydrogens is 290 g/mol. The van der Waals surface area contributed by atoms with Gasteiger partial charge in [0.15, 0.2) is 0 Å². The minimum Gasteiger partial charge on any atom is -0.481 e. The Morgan fingerprint density at radius 1 is 0.957 bits per heavy atom. The summed E-state index contributed by atoms with van der Waals surface area (Å²) in [5.41, 5.74) is 1.96. The van der Waals surface area contributed by atoms with Crippen LogP contribution in [0.4, 0.5) is 0 Å². The quantitative estimate of drug-likeness (QED) is 0.855. The molecule has 0 spiro atoms. The van der Waals surface area contributed by atoms with Crippen LogP contribution in [-0.2, 0) is 22.6 Å². The highest BCUT2D eigenvalue weighted by Crippen LogP contribution is 2.15. The molecule has 0 bridgehead atoms. The van der Waals surface area contributed by atoms with Crippen molar-refractivity contribution in [2.24, 2.45) is 5.92 Å². The maximum atomic E-state index is 12.3. The summed E-state index contributed by atoms with van der Waals surface area (Å²) >= 11 is 0. The van der Waals surface area contributed by atoms with Gasteiger partial charge >= 0.3 is 5.97 Å². The van der Waals surface area contributed by atoms with Gasteiger partial charge in [0.1, 0.15) is 0 Å². The van der Waals surface area contributed by atoms with E-state index >= 15 is 0 Å². The fourth-order valence-electron chi connectivity index (χ4n) is 2.46. The first-order chi connectivity index (χ1) is 11.1. The van der Waals surface area contributed by atoms with Crippen LogP contribution in [0, 0.1) is 5.92 Å². The number of nitrogens with zero attached hydrogens (tertiary/aromatic N) is 1. The third-order valence-electron chi connectivity index (χ3n) is 3.78. The molecule has 0 unspecified atom stereocenters. The molecule has 0 saturated heterocycles. The van der Waals surface area contributed by atoms with Crippen molar-refractivity contribution in [2.45, 2.75) is 19.4 Å². The molecule has 0 heterocycles. The summed E-state index contributed by atoms with van der Waals surface area (Å²) in [5, 5.41) is 9.38. The minimum absolute atomic E-state index is 0.00750. The second-order valence-electron chi connectivity index (χ2n) is 5.66. The largest absolute Gasteiger partial charge is 0.481 e. The third-order valence-corrected chi connectivity index (χ3v) is 3.78. The van der Waals surface area contributed by atoms with E-state index in [2.05, 4.69) is 0 Å². The minimum atomic E-state index is -0.935. The molecule has 1 amide bonds. The zero-order valence-electron chi connectivity index (χ0n) is 13.2. The lowest BCUT2D eigenvalue weighted by molar-refractivity contribution is -0.145. The lowest BCUT2D eigenvalue weighted by Gasteiger charge is -2.20. The van der Waals surface area contributed by atoms with Crippen molar-refractivity contribution >= 4 is 11.9 Å². The number of amides is 1. The van der Waals surface area contributed by atoms with Crippen LogP contribution in [0.25, 0.3) is 0 Å². The van der Waals surface area contributed by atoms with Crippen LogP contribution in [0.15, 0.2) is 60.7 Å². The summed E-state index contributed by atoms with van der Waals surface area (Å²) in [6.07, 6.45) is 0.370. The Balaban J connectivity index is 1.96. The Labute approximate surface area is 136 Å². The Bertz CT molecular complexity index is 640. The molecule has 0 aromatic heterocycles. The zero-order valence-corrected chi connectivity index (χ0v) is 13.2. The van der Waals surface area contributed by atoms with E-state index in [-0.39, 0.29) is 12.3 Å². The van der Waals surface area contributed by atoms with Gasteiger partial charge in [0.2, 0.25) is 5.91 Å². The first-order valence-electron chi connectivity index (χ1n) is 7.61. The molecule has 0 aliphatic rings. The topological polar surface area (TPSA) is 57.6 Å². The summed E-state index contributed by atoms with van der Waals surface area (Å²) < 4.78 is 0. The number of carbonyl (C=O) groups excluding carboxylic acids is 1. The number of carboxylic acid groups (broad SMARTS) is 1. The lowest BCUT2D eigenvalue weighted by atomic mass is 9.95. The molecule has 0 saturated carbocycles. The van der Waals surface area contributed by atoms with Crippen LogP contribution < -0.4 is 0 Å². The molecule has 120 valence electrons. The van der Waals surface area contributed by atoms with Gasteiger partial charge in [-0.05, 0) is 17.5 Å². The van der Waals surface area contributed by atoms with Crippen molar-refractivity contribution < 1.29 is 14.7 Å². The maximum Gasteiger partial charge on any atom is 0.307 e. The van der Waals surface area contributed by atoms with Crippen molar-refractivity contribution in [2.75, 3.05) is 7.05 Å². The summed E-state index contributed by atoms with van der Waals surface area (Å²) in [5.74, 6) is -1.80. The van der Waals surface area contributed by atoms with Crippen molar-refractivity contribution in [1.82, 2.24) is 4.90 Å². The maximum absolute atomic E-state index is 12.3. The monoisotopic (exact) mass is 311 g/mol. The standard InChI is InChI=1S/C19H21NO3/c1-20(14-16-10-6-3-7-11-16)18(21)13-17(19(22)23)12-15-8-4-2-5-9-15/h2-11,17H,12-14H2,1H3,(H,22,23)/t17-/m1/s1. The van der Waals surface area contributed by atoms with Gasteiger partial charge < -0.3 is 10.0 Å². The summed E-state index contributed by atoms with van der Waals surface area (Å²) in [6.45, 7) is 0.483. The Morgan fingerprint density at radius 2 is 1.48 bits per heavy atom. The molecule has 2 aromatic rings. The van der Waals surface area contributed by atoms with Gasteiger partial charge in [-0.25, -0.2) is 0 Å². The number of benzene rings is 2. The molecule has 1 atom stereocenters. The number of carboxylic acids is 1. The molecule has 23 heavy (non-hydrogen) atoms. The number of rotatable bonds is 7. The highest BCUT2D eigenvalue weighted by Gasteiger charge is 2.23. The Hall–Kier alpha value is -2.62. The molecule has 4 heteroatoms. The van der Waals surface area contributed by atoms with Crippen molar-refractivity contribution in [3.63, 3.8) is 0 Å². The number of aliphatic carboxylic acids is 1. The Kier molecular flexibility index (Phi) is 5.92. The van der Waals surface area contributed by atoms with Gasteiger partial charge in [-0.2, -0.15) is 0 Å². The van der Waals surface area contributed by atoms with Gasteiger partial charge in [-0.3, -0.25) is 9.59 Å². The lowest BCUT2D eigenvalue weighted by Crippen LogP contribution is -2.31.